The van der Waals surface area contributed by atoms with Gasteiger partial charge in [-0.15, -0.1) is 11.3 Å². The molecule has 2 N–H and O–H groups in total. The van der Waals surface area contributed by atoms with Crippen molar-refractivity contribution in [2.75, 3.05) is 11.9 Å². The Hall–Kier alpha value is -1.47. The highest BCUT2D eigenvalue weighted by Crippen LogP contribution is 2.30. The van der Waals surface area contributed by atoms with Crippen molar-refractivity contribution in [3.05, 3.63) is 10.6 Å². The van der Waals surface area contributed by atoms with Crippen molar-refractivity contribution >= 4 is 28.3 Å². The number of thiazole rings is 1. The Morgan fingerprint density at radius 1 is 1.53 bits per heavy atom. The van der Waals surface area contributed by atoms with Crippen molar-refractivity contribution in [1.29, 1.82) is 0 Å². The van der Waals surface area contributed by atoms with Crippen LogP contribution in [-0.4, -0.2) is 34.7 Å². The predicted octanol–water partition coefficient (Wildman–Crippen LogP) is 2.08. The summed E-state index contributed by atoms with van der Waals surface area (Å²) in [4.78, 5) is 27.2. The van der Waals surface area contributed by atoms with E-state index in [1.54, 1.807) is 0 Å². The molecule has 7 heteroatoms. The number of carbonyl (C=O) groups is 2. The zero-order chi connectivity index (χ0) is 14.0. The average Bonchev–Trinajstić information content (AvgIpc) is 3.05. The second-order valence-corrected chi connectivity index (χ2v) is 5.78. The highest BCUT2D eigenvalue weighted by Gasteiger charge is 2.24. The lowest BCUT2D eigenvalue weighted by molar-refractivity contribution is -0.121. The Balaban J connectivity index is 2.00. The molecule has 0 aromatic carbocycles. The predicted molar refractivity (Wildman–Crippen MR) is 70.8 cm³/mol. The minimum absolute atomic E-state index is 0.0103. The van der Waals surface area contributed by atoms with E-state index in [1.807, 2.05) is 13.8 Å². The van der Waals surface area contributed by atoms with Crippen LogP contribution in [0.5, 0.6) is 0 Å². The maximum absolute atomic E-state index is 11.6. The second kappa shape index (κ2) is 5.66. The number of aromatic nitrogens is 1. The molecule has 2 rings (SSSR count). The van der Waals surface area contributed by atoms with Crippen LogP contribution in [0.1, 0.15) is 48.0 Å². The van der Waals surface area contributed by atoms with Gasteiger partial charge in [-0.2, -0.15) is 0 Å². The molecule has 0 unspecified atom stereocenters. The number of hydrogen-bond acceptors (Lipinski definition) is 5. The number of hydrogen-bond donors (Lipinski definition) is 2. The van der Waals surface area contributed by atoms with Crippen molar-refractivity contribution in [3.63, 3.8) is 0 Å². The molecule has 0 spiro atoms. The third kappa shape index (κ3) is 3.74. The first-order valence-electron chi connectivity index (χ1n) is 6.13. The van der Waals surface area contributed by atoms with Crippen LogP contribution in [0.3, 0.4) is 0 Å². The molecule has 19 heavy (non-hydrogen) atoms. The van der Waals surface area contributed by atoms with Gasteiger partial charge in [0.25, 0.3) is 5.91 Å². The molecule has 0 atom stereocenters. The van der Waals surface area contributed by atoms with E-state index >= 15 is 0 Å². The van der Waals surface area contributed by atoms with E-state index < -0.39 is 5.97 Å². The summed E-state index contributed by atoms with van der Waals surface area (Å²) in [5.41, 5.74) is 0.0124. The molecule has 1 aliphatic rings. The van der Waals surface area contributed by atoms with Gasteiger partial charge in [0.2, 0.25) is 0 Å². The van der Waals surface area contributed by atoms with Gasteiger partial charge in [-0.1, -0.05) is 13.8 Å². The molecular formula is C12H16N2O4S. The fourth-order valence-electron chi connectivity index (χ4n) is 1.51. The SMILES string of the molecule is CC(C)c1sc(NC(=O)COC2CC2)nc1C(=O)O. The van der Waals surface area contributed by atoms with Gasteiger partial charge in [-0.05, 0) is 18.8 Å². The maximum Gasteiger partial charge on any atom is 0.355 e. The normalized spacial score (nSPS) is 14.7. The van der Waals surface area contributed by atoms with E-state index in [0.717, 1.165) is 12.8 Å². The van der Waals surface area contributed by atoms with E-state index in [1.165, 1.54) is 11.3 Å². The Morgan fingerprint density at radius 2 is 2.21 bits per heavy atom. The van der Waals surface area contributed by atoms with Gasteiger partial charge in [0, 0.05) is 4.88 Å². The fraction of sp³-hybridized carbons (Fsp3) is 0.583. The quantitative estimate of drug-likeness (QED) is 0.835. The molecule has 1 aromatic rings. The molecule has 1 saturated carbocycles. The Labute approximate surface area is 114 Å². The lowest BCUT2D eigenvalue weighted by Crippen LogP contribution is -2.18. The first-order valence-corrected chi connectivity index (χ1v) is 6.94. The van der Waals surface area contributed by atoms with E-state index in [0.29, 0.717) is 10.0 Å². The first kappa shape index (κ1) is 14.0. The standard InChI is InChI=1S/C12H16N2O4S/c1-6(2)10-9(11(16)17)14-12(19-10)13-8(15)5-18-7-3-4-7/h6-7H,3-5H2,1-2H3,(H,16,17)(H,13,14,15). The van der Waals surface area contributed by atoms with Crippen molar-refractivity contribution < 1.29 is 19.4 Å². The fourth-order valence-corrected chi connectivity index (χ4v) is 2.49. The largest absolute Gasteiger partial charge is 0.476 e. The number of rotatable bonds is 6. The van der Waals surface area contributed by atoms with Crippen LogP contribution in [0, 0.1) is 0 Å². The van der Waals surface area contributed by atoms with Crippen LogP contribution >= 0.6 is 11.3 Å². The summed E-state index contributed by atoms with van der Waals surface area (Å²) in [6, 6.07) is 0. The van der Waals surface area contributed by atoms with Crippen molar-refractivity contribution in [2.24, 2.45) is 0 Å². The van der Waals surface area contributed by atoms with Crippen molar-refractivity contribution in [3.8, 4) is 0 Å². The van der Waals surface area contributed by atoms with Crippen LogP contribution in [0.2, 0.25) is 0 Å². The second-order valence-electron chi connectivity index (χ2n) is 4.75. The molecule has 104 valence electrons. The van der Waals surface area contributed by atoms with Crippen LogP contribution < -0.4 is 5.32 Å². The minimum Gasteiger partial charge on any atom is -0.476 e. The number of nitrogens with one attached hydrogen (secondary N) is 1. The maximum atomic E-state index is 11.6. The number of carboxylic acids is 1. The van der Waals surface area contributed by atoms with Crippen molar-refractivity contribution in [1.82, 2.24) is 4.98 Å². The molecule has 1 aromatic heterocycles. The number of carboxylic acid groups (broad SMARTS) is 1. The number of carbonyl (C=O) groups excluding carboxylic acids is 1. The smallest absolute Gasteiger partial charge is 0.355 e. The van der Waals surface area contributed by atoms with Gasteiger partial charge in [0.1, 0.15) is 6.61 Å². The molecule has 1 amide bonds. The lowest BCUT2D eigenvalue weighted by atomic mass is 10.1. The monoisotopic (exact) mass is 284 g/mol. The molecule has 0 radical (unpaired) electrons. The highest BCUT2D eigenvalue weighted by molar-refractivity contribution is 7.16. The topological polar surface area (TPSA) is 88.5 Å². The van der Waals surface area contributed by atoms with E-state index in [2.05, 4.69) is 10.3 Å². The molecule has 1 heterocycles. The molecular weight excluding hydrogens is 268 g/mol. The van der Waals surface area contributed by atoms with Gasteiger partial charge >= 0.3 is 5.97 Å². The average molecular weight is 284 g/mol. The summed E-state index contributed by atoms with van der Waals surface area (Å²) in [7, 11) is 0. The van der Waals surface area contributed by atoms with Gasteiger partial charge in [0.05, 0.1) is 6.10 Å². The Bertz CT molecular complexity index is 494. The molecule has 1 fully saturated rings. The van der Waals surface area contributed by atoms with Crippen LogP contribution in [0.15, 0.2) is 0 Å². The highest BCUT2D eigenvalue weighted by atomic mass is 32.1. The van der Waals surface area contributed by atoms with Gasteiger partial charge in [0.15, 0.2) is 10.8 Å². The third-order valence-corrected chi connectivity index (χ3v) is 3.87. The van der Waals surface area contributed by atoms with Crippen LogP contribution in [0.25, 0.3) is 0 Å². The molecule has 0 bridgehead atoms. The summed E-state index contributed by atoms with van der Waals surface area (Å²) in [5.74, 6) is -1.32. The van der Waals surface area contributed by atoms with Crippen molar-refractivity contribution in [2.45, 2.75) is 38.7 Å². The molecule has 0 saturated heterocycles. The lowest BCUT2D eigenvalue weighted by Gasteiger charge is -2.02. The Morgan fingerprint density at radius 3 is 2.68 bits per heavy atom. The molecule has 0 aliphatic heterocycles. The minimum atomic E-state index is -1.07. The van der Waals surface area contributed by atoms with E-state index in [-0.39, 0.29) is 30.2 Å². The summed E-state index contributed by atoms with van der Waals surface area (Å²) >= 11 is 1.19. The summed E-state index contributed by atoms with van der Waals surface area (Å²) in [5, 5.41) is 11.9. The van der Waals surface area contributed by atoms with Gasteiger partial charge in [-0.3, -0.25) is 10.1 Å². The zero-order valence-corrected chi connectivity index (χ0v) is 11.6. The summed E-state index contributed by atoms with van der Waals surface area (Å²) in [6.45, 7) is 3.77. The number of aromatic carboxylic acids is 1. The number of amides is 1. The number of nitrogens with zero attached hydrogens (tertiary/aromatic N) is 1. The van der Waals surface area contributed by atoms with Gasteiger partial charge < -0.3 is 9.84 Å². The van der Waals surface area contributed by atoms with Crippen LogP contribution in [-0.2, 0) is 9.53 Å². The van der Waals surface area contributed by atoms with E-state index in [9.17, 15) is 9.59 Å². The summed E-state index contributed by atoms with van der Waals surface area (Å²) in [6.07, 6.45) is 2.22. The number of anilines is 1. The third-order valence-electron chi connectivity index (χ3n) is 2.60. The van der Waals surface area contributed by atoms with E-state index in [4.69, 9.17) is 9.84 Å². The van der Waals surface area contributed by atoms with Crippen LogP contribution in [0.4, 0.5) is 5.13 Å². The Kier molecular flexibility index (Phi) is 4.16. The molecule has 6 nitrogen and oxygen atoms in total. The number of ether oxygens (including phenoxy) is 1. The molecule has 1 aliphatic carbocycles. The first-order chi connectivity index (χ1) is 8.97. The zero-order valence-electron chi connectivity index (χ0n) is 10.8. The summed E-state index contributed by atoms with van der Waals surface area (Å²) < 4.78 is 5.27. The van der Waals surface area contributed by atoms with Gasteiger partial charge in [-0.25, -0.2) is 9.78 Å².